The molecule has 0 N–H and O–H groups in total. The van der Waals surface area contributed by atoms with Crippen molar-refractivity contribution in [3.8, 4) is 0 Å². The van der Waals surface area contributed by atoms with Crippen molar-refractivity contribution in [2.45, 2.75) is 0 Å². The average molecular weight is 1100 g/mol. The van der Waals surface area contributed by atoms with Gasteiger partial charge in [0.25, 0.3) is 6.71 Å². The zero-order valence-corrected chi connectivity index (χ0v) is 48.4. The monoisotopic (exact) mass is 1100 g/mol. The van der Waals surface area contributed by atoms with E-state index in [-0.39, 0.29) is 6.71 Å². The second kappa shape index (κ2) is 21.6. The number of anilines is 9. The van der Waals surface area contributed by atoms with Gasteiger partial charge in [0.05, 0.1) is 5.69 Å². The standard InChI is InChI=1S/C78H58BN3Si2/c1-10-31-59(32-11-1)80(60-33-12-2-13-34-60)63-56-76-78-77(57-63)82(62-37-30-50-70(55-62)83(64-38-16-4-17-39-64,65-40-18-5-19-41-65)66-42-20-6-21-43-66)74-52-29-28-51-72(74)79(78)73-58-71(53-54-75(73)81(76)61-35-14-3-15-36-61)84(67-44-22-7-23-45-67,68-46-24-8-25-47-68)69-48-26-9-27-49-69/h1-58H. The van der Waals surface area contributed by atoms with Crippen LogP contribution in [-0.4, -0.2) is 22.9 Å². The Morgan fingerprint density at radius 2 is 0.560 bits per heavy atom. The van der Waals surface area contributed by atoms with Crippen LogP contribution in [0.2, 0.25) is 0 Å². The summed E-state index contributed by atoms with van der Waals surface area (Å²) in [6.45, 7) is -0.142. The van der Waals surface area contributed by atoms with E-state index in [4.69, 9.17) is 0 Å². The molecule has 0 aromatic heterocycles. The van der Waals surface area contributed by atoms with Gasteiger partial charge in [0.15, 0.2) is 16.1 Å². The van der Waals surface area contributed by atoms with Crippen LogP contribution in [0.25, 0.3) is 0 Å². The Balaban J connectivity index is 1.05. The highest BCUT2D eigenvalue weighted by atomic mass is 28.3. The molecular weight excluding hydrogens is 1050 g/mol. The summed E-state index contributed by atoms with van der Waals surface area (Å²) in [5.41, 5.74) is 13.9. The van der Waals surface area contributed by atoms with Crippen molar-refractivity contribution in [1.29, 1.82) is 0 Å². The Morgan fingerprint density at radius 3 is 1.00 bits per heavy atom. The number of para-hydroxylation sites is 4. The molecule has 6 heteroatoms. The van der Waals surface area contributed by atoms with Crippen LogP contribution in [0.3, 0.4) is 0 Å². The van der Waals surface area contributed by atoms with Crippen molar-refractivity contribution in [2.24, 2.45) is 0 Å². The molecule has 3 nitrogen and oxygen atoms in total. The summed E-state index contributed by atoms with van der Waals surface area (Å²) in [7, 11) is -5.95. The molecule has 15 rings (SSSR count). The van der Waals surface area contributed by atoms with Gasteiger partial charge in [-0.2, -0.15) is 0 Å². The Kier molecular flexibility index (Phi) is 13.0. The maximum atomic E-state index is 2.63. The van der Waals surface area contributed by atoms with E-state index in [2.05, 4.69) is 367 Å². The normalized spacial score (nSPS) is 12.5. The van der Waals surface area contributed by atoms with Crippen molar-refractivity contribution in [1.82, 2.24) is 0 Å². The van der Waals surface area contributed by atoms with Crippen molar-refractivity contribution in [3.63, 3.8) is 0 Å². The fraction of sp³-hybridized carbons (Fsp3) is 0. The summed E-state index contributed by atoms with van der Waals surface area (Å²) >= 11 is 0. The van der Waals surface area contributed by atoms with Crippen molar-refractivity contribution in [3.05, 3.63) is 352 Å². The van der Waals surface area contributed by atoms with E-state index in [0.717, 1.165) is 45.5 Å². The minimum absolute atomic E-state index is 0.142. The molecule has 13 aromatic rings. The molecule has 0 aliphatic carbocycles. The van der Waals surface area contributed by atoms with E-state index >= 15 is 0 Å². The third kappa shape index (κ3) is 8.32. The molecule has 84 heavy (non-hydrogen) atoms. The molecule has 0 fully saturated rings. The number of rotatable bonds is 13. The van der Waals surface area contributed by atoms with Crippen LogP contribution in [0.1, 0.15) is 0 Å². The quantitative estimate of drug-likeness (QED) is 0.0841. The van der Waals surface area contributed by atoms with Gasteiger partial charge >= 0.3 is 0 Å². The third-order valence-electron chi connectivity index (χ3n) is 17.5. The van der Waals surface area contributed by atoms with Crippen molar-refractivity contribution >= 4 is 132 Å². The van der Waals surface area contributed by atoms with E-state index in [1.54, 1.807) is 0 Å². The largest absolute Gasteiger partial charge is 0.311 e. The summed E-state index contributed by atoms with van der Waals surface area (Å²) < 4.78 is 0. The summed E-state index contributed by atoms with van der Waals surface area (Å²) in [5.74, 6) is 0. The van der Waals surface area contributed by atoms with Gasteiger partial charge in [0.1, 0.15) is 0 Å². The van der Waals surface area contributed by atoms with Crippen LogP contribution >= 0.6 is 0 Å². The minimum atomic E-state index is -2.99. The number of hydrogen-bond donors (Lipinski definition) is 0. The summed E-state index contributed by atoms with van der Waals surface area (Å²) in [6.07, 6.45) is 0. The Labute approximate surface area is 495 Å². The molecule has 2 aliphatic heterocycles. The summed E-state index contributed by atoms with van der Waals surface area (Å²) in [5, 5.41) is 10.7. The minimum Gasteiger partial charge on any atom is -0.311 e. The highest BCUT2D eigenvalue weighted by Gasteiger charge is 2.48. The van der Waals surface area contributed by atoms with Crippen LogP contribution in [0.5, 0.6) is 0 Å². The van der Waals surface area contributed by atoms with E-state index in [1.165, 1.54) is 63.6 Å². The first kappa shape index (κ1) is 50.7. The third-order valence-corrected chi connectivity index (χ3v) is 27.0. The van der Waals surface area contributed by atoms with E-state index < -0.39 is 16.1 Å². The van der Waals surface area contributed by atoms with Gasteiger partial charge in [-0.05, 0) is 131 Å². The second-order valence-electron chi connectivity index (χ2n) is 21.9. The van der Waals surface area contributed by atoms with Gasteiger partial charge in [0, 0.05) is 45.5 Å². The fourth-order valence-electron chi connectivity index (χ4n) is 14.0. The van der Waals surface area contributed by atoms with Crippen LogP contribution in [-0.2, 0) is 0 Å². The lowest BCUT2D eigenvalue weighted by Crippen LogP contribution is -2.75. The molecule has 0 spiro atoms. The Bertz CT molecular complexity index is 4200. The summed E-state index contributed by atoms with van der Waals surface area (Å²) in [6, 6.07) is 132. The van der Waals surface area contributed by atoms with Gasteiger partial charge in [-0.3, -0.25) is 0 Å². The number of nitrogens with zero attached hydrogens (tertiary/aromatic N) is 3. The number of fused-ring (bicyclic) bond motifs is 4. The highest BCUT2D eigenvalue weighted by Crippen LogP contribution is 2.48. The van der Waals surface area contributed by atoms with Crippen molar-refractivity contribution < 1.29 is 0 Å². The first-order valence-electron chi connectivity index (χ1n) is 29.1. The molecule has 0 amide bonds. The molecule has 2 aliphatic rings. The van der Waals surface area contributed by atoms with Gasteiger partial charge in [0.2, 0.25) is 0 Å². The molecule has 0 saturated heterocycles. The molecule has 0 radical (unpaired) electrons. The van der Waals surface area contributed by atoms with Crippen LogP contribution in [0.4, 0.5) is 51.2 Å². The predicted octanol–water partition coefficient (Wildman–Crippen LogP) is 12.0. The molecule has 13 aromatic carbocycles. The molecule has 0 atom stereocenters. The van der Waals surface area contributed by atoms with E-state index in [1.807, 2.05) is 0 Å². The molecule has 0 bridgehead atoms. The lowest BCUT2D eigenvalue weighted by molar-refractivity contribution is 1.23. The van der Waals surface area contributed by atoms with Crippen LogP contribution in [0, 0.1) is 0 Å². The lowest BCUT2D eigenvalue weighted by atomic mass is 9.33. The zero-order chi connectivity index (χ0) is 55.9. The molecular formula is C78H58BN3Si2. The van der Waals surface area contributed by atoms with E-state index in [9.17, 15) is 0 Å². The van der Waals surface area contributed by atoms with Crippen LogP contribution < -0.4 is 72.6 Å². The number of hydrogen-bond acceptors (Lipinski definition) is 3. The maximum absolute atomic E-state index is 2.99. The van der Waals surface area contributed by atoms with Gasteiger partial charge in [-0.25, -0.2) is 0 Å². The molecule has 0 unspecified atom stereocenters. The molecule has 0 saturated carbocycles. The topological polar surface area (TPSA) is 9.72 Å². The smallest absolute Gasteiger partial charge is 0.252 e. The van der Waals surface area contributed by atoms with E-state index in [0.29, 0.717) is 0 Å². The maximum Gasteiger partial charge on any atom is 0.252 e. The molecule has 2 heterocycles. The Morgan fingerprint density at radius 1 is 0.226 bits per heavy atom. The highest BCUT2D eigenvalue weighted by molar-refractivity contribution is 7.20. The van der Waals surface area contributed by atoms with Gasteiger partial charge < -0.3 is 14.7 Å². The average Bonchev–Trinajstić information content (AvgIpc) is 1.66. The van der Waals surface area contributed by atoms with Gasteiger partial charge in [-0.1, -0.05) is 279 Å². The first-order chi connectivity index (χ1) is 41.7. The second-order valence-corrected chi connectivity index (χ2v) is 29.5. The predicted molar refractivity (Wildman–Crippen MR) is 362 cm³/mol. The summed E-state index contributed by atoms with van der Waals surface area (Å²) in [4.78, 5) is 7.59. The Hall–Kier alpha value is -10.2. The SMILES string of the molecule is c1ccc(N(c2ccccc2)c2cc3c4c(c2)N(c2ccccc2)c2ccc([Si](c5ccccc5)(c5ccccc5)c5ccccc5)cc2B4c2ccccc2N3c2cccc([Si](c3ccccc3)(c3ccccc3)c3ccccc3)c2)cc1. The number of benzene rings is 13. The molecule has 396 valence electrons. The van der Waals surface area contributed by atoms with Crippen molar-refractivity contribution in [2.75, 3.05) is 14.7 Å². The lowest BCUT2D eigenvalue weighted by Gasteiger charge is -2.45. The fourth-order valence-corrected chi connectivity index (χ4v) is 23.6. The van der Waals surface area contributed by atoms with Crippen LogP contribution in [0.15, 0.2) is 352 Å². The van der Waals surface area contributed by atoms with Gasteiger partial charge in [-0.15, -0.1) is 0 Å². The first-order valence-corrected chi connectivity index (χ1v) is 33.1. The zero-order valence-electron chi connectivity index (χ0n) is 46.4.